The highest BCUT2D eigenvalue weighted by Gasteiger charge is 2.11. The van der Waals surface area contributed by atoms with Gasteiger partial charge < -0.3 is 10.6 Å². The van der Waals surface area contributed by atoms with Crippen LogP contribution in [0.1, 0.15) is 21.9 Å². The number of anilines is 2. The first-order chi connectivity index (χ1) is 9.10. The Morgan fingerprint density at radius 1 is 1.26 bits per heavy atom. The average Bonchev–Trinajstić information content (AvgIpc) is 2.37. The van der Waals surface area contributed by atoms with E-state index in [9.17, 15) is 4.79 Å². The van der Waals surface area contributed by atoms with E-state index in [-0.39, 0.29) is 5.91 Å². The molecule has 0 saturated carbocycles. The summed E-state index contributed by atoms with van der Waals surface area (Å²) in [4.78, 5) is 24.4. The summed E-state index contributed by atoms with van der Waals surface area (Å²) in [6.45, 7) is 3.70. The van der Waals surface area contributed by atoms with Crippen LogP contribution in [-0.4, -0.2) is 27.9 Å². The highest BCUT2D eigenvalue weighted by Crippen LogP contribution is 2.17. The Morgan fingerprint density at radius 2 is 2.05 bits per heavy atom. The molecule has 0 saturated heterocycles. The van der Waals surface area contributed by atoms with Crippen molar-refractivity contribution >= 4 is 17.5 Å². The third-order valence-corrected chi connectivity index (χ3v) is 2.49. The van der Waals surface area contributed by atoms with Gasteiger partial charge in [-0.1, -0.05) is 0 Å². The quantitative estimate of drug-likeness (QED) is 0.872. The third-order valence-electron chi connectivity index (χ3n) is 2.49. The summed E-state index contributed by atoms with van der Waals surface area (Å²) >= 11 is 0. The van der Waals surface area contributed by atoms with Gasteiger partial charge in [0.2, 0.25) is 0 Å². The molecule has 6 heteroatoms. The maximum atomic E-state index is 11.7. The summed E-state index contributed by atoms with van der Waals surface area (Å²) in [7, 11) is 1.58. The number of nitrogens with one attached hydrogen (secondary N) is 2. The number of carbonyl (C=O) groups is 1. The summed E-state index contributed by atoms with van der Waals surface area (Å²) in [6.07, 6.45) is 1.62. The van der Waals surface area contributed by atoms with Crippen molar-refractivity contribution in [2.75, 3.05) is 12.4 Å². The zero-order chi connectivity index (χ0) is 13.8. The number of hydrogen-bond donors (Lipinski definition) is 2. The van der Waals surface area contributed by atoms with Gasteiger partial charge in [0.15, 0.2) is 0 Å². The predicted molar refractivity (Wildman–Crippen MR) is 72.4 cm³/mol. The van der Waals surface area contributed by atoms with Crippen molar-refractivity contribution in [2.45, 2.75) is 13.8 Å². The standard InChI is InChI=1S/C13H15N5O/c1-8-7-11(17-9(2)16-8)18-12-10(13(19)14-3)5-4-6-15-12/h4-7H,1-3H3,(H,14,19)(H,15,16,17,18). The van der Waals surface area contributed by atoms with E-state index in [0.717, 1.165) is 5.69 Å². The molecule has 0 spiro atoms. The number of carbonyl (C=O) groups excluding carboxylic acids is 1. The molecule has 2 N–H and O–H groups in total. The van der Waals surface area contributed by atoms with Crippen LogP contribution in [0.4, 0.5) is 11.6 Å². The van der Waals surface area contributed by atoms with Crippen LogP contribution in [0.2, 0.25) is 0 Å². The minimum Gasteiger partial charge on any atom is -0.355 e. The van der Waals surface area contributed by atoms with Crippen molar-refractivity contribution in [1.82, 2.24) is 20.3 Å². The molecule has 0 radical (unpaired) electrons. The molecule has 2 rings (SSSR count). The van der Waals surface area contributed by atoms with Gasteiger partial charge in [0.1, 0.15) is 17.5 Å². The summed E-state index contributed by atoms with van der Waals surface area (Å²) in [5.74, 6) is 1.56. The number of aryl methyl sites for hydroxylation is 2. The smallest absolute Gasteiger partial charge is 0.254 e. The molecule has 0 aliphatic carbocycles. The number of pyridine rings is 1. The summed E-state index contributed by atoms with van der Waals surface area (Å²) in [6, 6.07) is 5.22. The zero-order valence-electron chi connectivity index (χ0n) is 11.1. The van der Waals surface area contributed by atoms with Crippen LogP contribution in [0.3, 0.4) is 0 Å². The van der Waals surface area contributed by atoms with E-state index in [1.807, 2.05) is 13.8 Å². The van der Waals surface area contributed by atoms with Gasteiger partial charge >= 0.3 is 0 Å². The molecule has 0 unspecified atom stereocenters. The van der Waals surface area contributed by atoms with Gasteiger partial charge in [0.05, 0.1) is 5.56 Å². The summed E-state index contributed by atoms with van der Waals surface area (Å²) < 4.78 is 0. The third kappa shape index (κ3) is 3.04. The molecular formula is C13H15N5O. The molecule has 2 aromatic heterocycles. The van der Waals surface area contributed by atoms with Crippen LogP contribution in [0.25, 0.3) is 0 Å². The zero-order valence-corrected chi connectivity index (χ0v) is 11.1. The Bertz CT molecular complexity index is 591. The van der Waals surface area contributed by atoms with E-state index in [1.54, 1.807) is 31.4 Å². The van der Waals surface area contributed by atoms with Crippen molar-refractivity contribution in [3.05, 3.63) is 41.5 Å². The number of rotatable bonds is 3. The van der Waals surface area contributed by atoms with Crippen LogP contribution in [0, 0.1) is 13.8 Å². The second-order valence-electron chi connectivity index (χ2n) is 4.05. The number of hydrogen-bond acceptors (Lipinski definition) is 5. The monoisotopic (exact) mass is 257 g/mol. The first-order valence-electron chi connectivity index (χ1n) is 5.86. The molecule has 19 heavy (non-hydrogen) atoms. The Hall–Kier alpha value is -2.50. The second-order valence-corrected chi connectivity index (χ2v) is 4.05. The molecule has 0 fully saturated rings. The van der Waals surface area contributed by atoms with Gasteiger partial charge in [0, 0.05) is 25.0 Å². The van der Waals surface area contributed by atoms with Crippen LogP contribution in [0.5, 0.6) is 0 Å². The topological polar surface area (TPSA) is 79.8 Å². The van der Waals surface area contributed by atoms with Crippen molar-refractivity contribution in [2.24, 2.45) is 0 Å². The summed E-state index contributed by atoms with van der Waals surface area (Å²) in [5.41, 5.74) is 1.33. The largest absolute Gasteiger partial charge is 0.355 e. The van der Waals surface area contributed by atoms with Gasteiger partial charge in [0.25, 0.3) is 5.91 Å². The summed E-state index contributed by atoms with van der Waals surface area (Å²) in [5, 5.41) is 5.62. The number of aromatic nitrogens is 3. The highest BCUT2D eigenvalue weighted by molar-refractivity contribution is 5.99. The lowest BCUT2D eigenvalue weighted by atomic mass is 10.2. The molecule has 6 nitrogen and oxygen atoms in total. The molecular weight excluding hydrogens is 242 g/mol. The van der Waals surface area contributed by atoms with Crippen LogP contribution < -0.4 is 10.6 Å². The molecule has 0 bridgehead atoms. The van der Waals surface area contributed by atoms with E-state index >= 15 is 0 Å². The first-order valence-corrected chi connectivity index (χ1v) is 5.86. The Labute approximate surface area is 111 Å². The maximum absolute atomic E-state index is 11.7. The van der Waals surface area contributed by atoms with Crippen molar-refractivity contribution in [1.29, 1.82) is 0 Å². The Kier molecular flexibility index (Phi) is 3.70. The van der Waals surface area contributed by atoms with E-state index in [0.29, 0.717) is 23.0 Å². The molecule has 2 aromatic rings. The van der Waals surface area contributed by atoms with E-state index in [1.165, 1.54) is 0 Å². The molecule has 0 aliphatic rings. The average molecular weight is 257 g/mol. The lowest BCUT2D eigenvalue weighted by molar-refractivity contribution is 0.0963. The van der Waals surface area contributed by atoms with Crippen molar-refractivity contribution in [3.63, 3.8) is 0 Å². The molecule has 2 heterocycles. The predicted octanol–water partition coefficient (Wildman–Crippen LogP) is 1.59. The minimum atomic E-state index is -0.196. The second kappa shape index (κ2) is 5.43. The fraction of sp³-hybridized carbons (Fsp3) is 0.231. The van der Waals surface area contributed by atoms with Crippen LogP contribution in [-0.2, 0) is 0 Å². The highest BCUT2D eigenvalue weighted by atomic mass is 16.1. The van der Waals surface area contributed by atoms with Crippen LogP contribution in [0.15, 0.2) is 24.4 Å². The molecule has 0 atom stereocenters. The molecule has 1 amide bonds. The van der Waals surface area contributed by atoms with E-state index in [2.05, 4.69) is 25.6 Å². The normalized spacial score (nSPS) is 10.1. The molecule has 0 aliphatic heterocycles. The van der Waals surface area contributed by atoms with E-state index < -0.39 is 0 Å². The fourth-order valence-corrected chi connectivity index (χ4v) is 1.73. The number of amides is 1. The van der Waals surface area contributed by atoms with Crippen molar-refractivity contribution < 1.29 is 4.79 Å². The SMILES string of the molecule is CNC(=O)c1cccnc1Nc1cc(C)nc(C)n1. The van der Waals surface area contributed by atoms with E-state index in [4.69, 9.17) is 0 Å². The van der Waals surface area contributed by atoms with Gasteiger partial charge in [-0.15, -0.1) is 0 Å². The van der Waals surface area contributed by atoms with Crippen molar-refractivity contribution in [3.8, 4) is 0 Å². The Balaban J connectivity index is 2.35. The fourth-order valence-electron chi connectivity index (χ4n) is 1.73. The van der Waals surface area contributed by atoms with Gasteiger partial charge in [-0.25, -0.2) is 15.0 Å². The van der Waals surface area contributed by atoms with Gasteiger partial charge in [-0.2, -0.15) is 0 Å². The first kappa shape index (κ1) is 12.9. The maximum Gasteiger partial charge on any atom is 0.254 e. The molecule has 0 aromatic carbocycles. The Morgan fingerprint density at radius 3 is 2.74 bits per heavy atom. The molecule has 98 valence electrons. The lowest BCUT2D eigenvalue weighted by Crippen LogP contribution is -2.19. The minimum absolute atomic E-state index is 0.196. The van der Waals surface area contributed by atoms with Gasteiger partial charge in [-0.05, 0) is 26.0 Å². The van der Waals surface area contributed by atoms with Gasteiger partial charge in [-0.3, -0.25) is 4.79 Å². The van der Waals surface area contributed by atoms with Crippen LogP contribution >= 0.6 is 0 Å². The number of nitrogens with zero attached hydrogens (tertiary/aromatic N) is 3. The lowest BCUT2D eigenvalue weighted by Gasteiger charge is -2.10.